The van der Waals surface area contributed by atoms with E-state index in [9.17, 15) is 4.79 Å². The van der Waals surface area contributed by atoms with E-state index in [1.807, 2.05) is 12.1 Å². The van der Waals surface area contributed by atoms with E-state index in [1.165, 1.54) is 16.9 Å². The molecule has 118 valence electrons. The Morgan fingerprint density at radius 1 is 1.17 bits per heavy atom. The number of nitrogens with one attached hydrogen (secondary N) is 2. The third-order valence-corrected chi connectivity index (χ3v) is 4.39. The molecule has 5 nitrogen and oxygen atoms in total. The number of amides is 2. The van der Waals surface area contributed by atoms with Crippen molar-refractivity contribution < 1.29 is 9.53 Å². The molecule has 0 saturated carbocycles. The average molecular weight is 327 g/mol. The minimum Gasteiger partial charge on any atom is -0.497 e. The lowest BCUT2D eigenvalue weighted by atomic mass is 10.1. The SMILES string of the molecule is CCc1cccc2sc(NC(=O)Nc3ccc(OC)cc3)nc12. The molecule has 0 aliphatic carbocycles. The molecular weight excluding hydrogens is 310 g/mol. The van der Waals surface area contributed by atoms with Crippen molar-refractivity contribution in [1.29, 1.82) is 0 Å². The molecule has 0 saturated heterocycles. The van der Waals surface area contributed by atoms with Crippen LogP contribution in [0.1, 0.15) is 12.5 Å². The van der Waals surface area contributed by atoms with E-state index >= 15 is 0 Å². The Kier molecular flexibility index (Phi) is 4.43. The van der Waals surface area contributed by atoms with Crippen LogP contribution < -0.4 is 15.4 Å². The molecule has 3 rings (SSSR count). The second-order valence-corrected chi connectivity index (χ2v) is 5.97. The van der Waals surface area contributed by atoms with Crippen LogP contribution in [0, 0.1) is 0 Å². The monoisotopic (exact) mass is 327 g/mol. The first kappa shape index (κ1) is 15.3. The number of nitrogens with zero attached hydrogens (tertiary/aromatic N) is 1. The van der Waals surface area contributed by atoms with Crippen LogP contribution in [0.4, 0.5) is 15.6 Å². The van der Waals surface area contributed by atoms with Crippen molar-refractivity contribution in [3.63, 3.8) is 0 Å². The Balaban J connectivity index is 1.72. The van der Waals surface area contributed by atoms with Crippen LogP contribution >= 0.6 is 11.3 Å². The molecule has 0 unspecified atom stereocenters. The topological polar surface area (TPSA) is 63.2 Å². The molecule has 1 heterocycles. The van der Waals surface area contributed by atoms with Gasteiger partial charge in [0.05, 0.1) is 17.3 Å². The van der Waals surface area contributed by atoms with E-state index in [2.05, 4.69) is 28.6 Å². The molecule has 2 N–H and O–H groups in total. The van der Waals surface area contributed by atoms with Crippen molar-refractivity contribution in [1.82, 2.24) is 4.98 Å². The molecule has 0 bridgehead atoms. The summed E-state index contributed by atoms with van der Waals surface area (Å²) in [7, 11) is 1.60. The highest BCUT2D eigenvalue weighted by Gasteiger charge is 2.10. The third kappa shape index (κ3) is 3.43. The highest BCUT2D eigenvalue weighted by Crippen LogP contribution is 2.28. The lowest BCUT2D eigenvalue weighted by Crippen LogP contribution is -2.19. The van der Waals surface area contributed by atoms with E-state index in [4.69, 9.17) is 4.74 Å². The quantitative estimate of drug-likeness (QED) is 0.741. The van der Waals surface area contributed by atoms with Crippen LogP contribution in [-0.2, 0) is 6.42 Å². The van der Waals surface area contributed by atoms with E-state index in [0.717, 1.165) is 22.4 Å². The number of aromatic nitrogens is 1. The first-order valence-electron chi connectivity index (χ1n) is 7.30. The van der Waals surface area contributed by atoms with Gasteiger partial charge >= 0.3 is 6.03 Å². The molecule has 0 aliphatic heterocycles. The predicted octanol–water partition coefficient (Wildman–Crippen LogP) is 4.51. The van der Waals surface area contributed by atoms with Crippen molar-refractivity contribution in [2.45, 2.75) is 13.3 Å². The smallest absolute Gasteiger partial charge is 0.325 e. The van der Waals surface area contributed by atoms with Crippen LogP contribution in [0.15, 0.2) is 42.5 Å². The summed E-state index contributed by atoms with van der Waals surface area (Å²) < 4.78 is 6.16. The second-order valence-electron chi connectivity index (χ2n) is 4.94. The van der Waals surface area contributed by atoms with E-state index in [-0.39, 0.29) is 6.03 Å². The molecular formula is C17H17N3O2S. The maximum Gasteiger partial charge on any atom is 0.325 e. The summed E-state index contributed by atoms with van der Waals surface area (Å²) in [6.45, 7) is 2.09. The van der Waals surface area contributed by atoms with Gasteiger partial charge in [0.25, 0.3) is 0 Å². The van der Waals surface area contributed by atoms with Gasteiger partial charge in [-0.05, 0) is 42.3 Å². The molecule has 23 heavy (non-hydrogen) atoms. The molecule has 1 aromatic heterocycles. The summed E-state index contributed by atoms with van der Waals surface area (Å²) in [6, 6.07) is 12.9. The molecule has 0 spiro atoms. The number of urea groups is 1. The number of fused-ring (bicyclic) bond motifs is 1. The molecule has 2 aromatic carbocycles. The first-order valence-corrected chi connectivity index (χ1v) is 8.11. The van der Waals surface area contributed by atoms with E-state index in [1.54, 1.807) is 31.4 Å². The number of aryl methyl sites for hydroxylation is 1. The Hall–Kier alpha value is -2.60. The number of hydrogen-bond acceptors (Lipinski definition) is 4. The molecule has 2 amide bonds. The van der Waals surface area contributed by atoms with Crippen LogP contribution in [0.2, 0.25) is 0 Å². The predicted molar refractivity (Wildman–Crippen MR) is 94.6 cm³/mol. The number of ether oxygens (including phenoxy) is 1. The molecule has 6 heteroatoms. The van der Waals surface area contributed by atoms with Gasteiger partial charge in [-0.1, -0.05) is 30.4 Å². The maximum atomic E-state index is 12.1. The van der Waals surface area contributed by atoms with Crippen molar-refractivity contribution >= 4 is 38.4 Å². The van der Waals surface area contributed by atoms with Gasteiger partial charge in [0.2, 0.25) is 0 Å². The van der Waals surface area contributed by atoms with Crippen molar-refractivity contribution in [2.24, 2.45) is 0 Å². The Morgan fingerprint density at radius 2 is 1.96 bits per heavy atom. The van der Waals surface area contributed by atoms with Gasteiger partial charge in [0, 0.05) is 5.69 Å². The minimum atomic E-state index is -0.313. The number of benzene rings is 2. The van der Waals surface area contributed by atoms with Gasteiger partial charge in [-0.25, -0.2) is 9.78 Å². The highest BCUT2D eigenvalue weighted by molar-refractivity contribution is 7.22. The summed E-state index contributed by atoms with van der Waals surface area (Å²) >= 11 is 1.47. The van der Waals surface area contributed by atoms with Crippen molar-refractivity contribution in [3.05, 3.63) is 48.0 Å². The Morgan fingerprint density at radius 3 is 2.65 bits per heavy atom. The minimum absolute atomic E-state index is 0.313. The number of carbonyl (C=O) groups is 1. The van der Waals surface area contributed by atoms with E-state index < -0.39 is 0 Å². The molecule has 0 fully saturated rings. The average Bonchev–Trinajstić information content (AvgIpc) is 2.97. The lowest BCUT2D eigenvalue weighted by Gasteiger charge is -2.06. The van der Waals surface area contributed by atoms with Crippen LogP contribution in [0.3, 0.4) is 0 Å². The number of anilines is 2. The maximum absolute atomic E-state index is 12.1. The number of hydrogen-bond donors (Lipinski definition) is 2. The van der Waals surface area contributed by atoms with E-state index in [0.29, 0.717) is 10.8 Å². The largest absolute Gasteiger partial charge is 0.497 e. The third-order valence-electron chi connectivity index (χ3n) is 3.45. The van der Waals surface area contributed by atoms with Crippen LogP contribution in [0.5, 0.6) is 5.75 Å². The molecule has 0 aliphatic rings. The zero-order valence-electron chi connectivity index (χ0n) is 12.9. The number of methoxy groups -OCH3 is 1. The molecule has 3 aromatic rings. The normalized spacial score (nSPS) is 10.5. The fraction of sp³-hybridized carbons (Fsp3) is 0.176. The molecule has 0 atom stereocenters. The zero-order valence-corrected chi connectivity index (χ0v) is 13.7. The summed E-state index contributed by atoms with van der Waals surface area (Å²) in [5, 5.41) is 6.15. The van der Waals surface area contributed by atoms with Gasteiger partial charge in [-0.2, -0.15) is 0 Å². The van der Waals surface area contributed by atoms with Crippen molar-refractivity contribution in [2.75, 3.05) is 17.7 Å². The highest BCUT2D eigenvalue weighted by atomic mass is 32.1. The van der Waals surface area contributed by atoms with Crippen molar-refractivity contribution in [3.8, 4) is 5.75 Å². The summed E-state index contributed by atoms with van der Waals surface area (Å²) in [5.74, 6) is 0.745. The van der Waals surface area contributed by atoms with Crippen LogP contribution in [0.25, 0.3) is 10.2 Å². The Labute approximate surface area is 138 Å². The van der Waals surface area contributed by atoms with Crippen LogP contribution in [-0.4, -0.2) is 18.1 Å². The standard InChI is InChI=1S/C17H17N3O2S/c1-3-11-5-4-6-14-15(11)19-17(23-14)20-16(21)18-12-7-9-13(22-2)10-8-12/h4-10H,3H2,1-2H3,(H2,18,19,20,21). The Bertz CT molecular complexity index is 827. The zero-order chi connectivity index (χ0) is 16.2. The summed E-state index contributed by atoms with van der Waals surface area (Å²) in [5.41, 5.74) is 2.83. The van der Waals surface area contributed by atoms with Gasteiger partial charge in [0.15, 0.2) is 5.13 Å². The fourth-order valence-electron chi connectivity index (χ4n) is 2.28. The fourth-order valence-corrected chi connectivity index (χ4v) is 3.19. The summed E-state index contributed by atoms with van der Waals surface area (Å²) in [6.07, 6.45) is 0.915. The second kappa shape index (κ2) is 6.66. The lowest BCUT2D eigenvalue weighted by molar-refractivity contribution is 0.262. The van der Waals surface area contributed by atoms with Gasteiger partial charge in [-0.15, -0.1) is 0 Å². The van der Waals surface area contributed by atoms with Gasteiger partial charge in [0.1, 0.15) is 5.75 Å². The summed E-state index contributed by atoms with van der Waals surface area (Å²) in [4.78, 5) is 16.6. The van der Waals surface area contributed by atoms with Gasteiger partial charge < -0.3 is 10.1 Å². The molecule has 0 radical (unpaired) electrons. The number of para-hydroxylation sites is 1. The van der Waals surface area contributed by atoms with Gasteiger partial charge in [-0.3, -0.25) is 5.32 Å². The first-order chi connectivity index (χ1) is 11.2. The number of rotatable bonds is 4. The number of thiazole rings is 1. The number of carbonyl (C=O) groups excluding carboxylic acids is 1.